The Hall–Kier alpha value is -2.21. The van der Waals surface area contributed by atoms with Gasteiger partial charge in [0.1, 0.15) is 0 Å². The van der Waals surface area contributed by atoms with Gasteiger partial charge in [-0.2, -0.15) is 5.10 Å². The van der Waals surface area contributed by atoms with Crippen LogP contribution in [0.4, 0.5) is 0 Å². The van der Waals surface area contributed by atoms with Gasteiger partial charge in [-0.3, -0.25) is 4.79 Å². The third-order valence-electron chi connectivity index (χ3n) is 4.71. The van der Waals surface area contributed by atoms with Crippen LogP contribution in [0.25, 0.3) is 5.69 Å². The minimum atomic E-state index is -0.256. The van der Waals surface area contributed by atoms with Crippen molar-refractivity contribution in [2.24, 2.45) is 5.10 Å². The summed E-state index contributed by atoms with van der Waals surface area (Å²) in [5.41, 5.74) is 7.69. The summed E-state index contributed by atoms with van der Waals surface area (Å²) >= 11 is 13.7. The molecular formula is C23H23Cl2N3OS. The maximum absolute atomic E-state index is 12.4. The third kappa shape index (κ3) is 5.28. The van der Waals surface area contributed by atoms with Gasteiger partial charge in [-0.1, -0.05) is 40.9 Å². The number of aryl methyl sites for hydroxylation is 2. The Balaban J connectivity index is 1.68. The lowest BCUT2D eigenvalue weighted by molar-refractivity contribution is -0.120. The summed E-state index contributed by atoms with van der Waals surface area (Å²) in [6.07, 6.45) is 1.66. The SMILES string of the molecule is Cc1ccc(S[C@@H](C)C(=O)N/N=C\c2cc(C)n(-c3ccc(Cl)c(Cl)c3)c2C)cc1. The molecule has 156 valence electrons. The van der Waals surface area contributed by atoms with Crippen molar-refractivity contribution in [2.45, 2.75) is 37.8 Å². The maximum atomic E-state index is 12.4. The van der Waals surface area contributed by atoms with E-state index in [1.54, 1.807) is 12.3 Å². The van der Waals surface area contributed by atoms with Crippen molar-refractivity contribution < 1.29 is 4.79 Å². The molecule has 30 heavy (non-hydrogen) atoms. The molecule has 1 atom stereocenters. The molecule has 1 aromatic heterocycles. The highest BCUT2D eigenvalue weighted by atomic mass is 35.5. The Labute approximate surface area is 191 Å². The predicted molar refractivity (Wildman–Crippen MR) is 127 cm³/mol. The van der Waals surface area contributed by atoms with Gasteiger partial charge < -0.3 is 4.57 Å². The van der Waals surface area contributed by atoms with Gasteiger partial charge in [0.05, 0.1) is 21.5 Å². The van der Waals surface area contributed by atoms with E-state index in [4.69, 9.17) is 23.2 Å². The van der Waals surface area contributed by atoms with Crippen LogP contribution < -0.4 is 5.43 Å². The van der Waals surface area contributed by atoms with Crippen molar-refractivity contribution in [1.82, 2.24) is 9.99 Å². The van der Waals surface area contributed by atoms with Gasteiger partial charge in [0, 0.05) is 27.5 Å². The fourth-order valence-electron chi connectivity index (χ4n) is 3.07. The highest BCUT2D eigenvalue weighted by molar-refractivity contribution is 8.00. The number of aromatic nitrogens is 1. The first-order valence-electron chi connectivity index (χ1n) is 9.47. The smallest absolute Gasteiger partial charge is 0.253 e. The van der Waals surface area contributed by atoms with E-state index in [1.165, 1.54) is 17.3 Å². The number of hydrogen-bond donors (Lipinski definition) is 1. The molecule has 7 heteroatoms. The Morgan fingerprint density at radius 1 is 1.07 bits per heavy atom. The number of carbonyl (C=O) groups excluding carboxylic acids is 1. The summed E-state index contributed by atoms with van der Waals surface area (Å²) < 4.78 is 2.07. The highest BCUT2D eigenvalue weighted by Crippen LogP contribution is 2.27. The van der Waals surface area contributed by atoms with E-state index >= 15 is 0 Å². The number of thioether (sulfide) groups is 1. The molecule has 3 aromatic rings. The average molecular weight is 460 g/mol. The number of carbonyl (C=O) groups is 1. The van der Waals surface area contributed by atoms with Gasteiger partial charge >= 0.3 is 0 Å². The summed E-state index contributed by atoms with van der Waals surface area (Å²) in [4.78, 5) is 13.4. The average Bonchev–Trinajstić information content (AvgIpc) is 2.99. The van der Waals surface area contributed by atoms with Gasteiger partial charge in [-0.05, 0) is 64.1 Å². The van der Waals surface area contributed by atoms with E-state index in [0.29, 0.717) is 10.0 Å². The van der Waals surface area contributed by atoms with Crippen LogP contribution >= 0.6 is 35.0 Å². The van der Waals surface area contributed by atoms with E-state index in [-0.39, 0.29) is 11.2 Å². The molecule has 0 bridgehead atoms. The fraction of sp³-hybridized carbons (Fsp3) is 0.217. The molecule has 3 rings (SSSR count). The van der Waals surface area contributed by atoms with Crippen LogP contribution in [0.2, 0.25) is 10.0 Å². The molecule has 1 heterocycles. The largest absolute Gasteiger partial charge is 0.318 e. The molecule has 1 amide bonds. The zero-order chi connectivity index (χ0) is 21.8. The van der Waals surface area contributed by atoms with Gasteiger partial charge in [-0.15, -0.1) is 11.8 Å². The second kappa shape index (κ2) is 9.73. The second-order valence-electron chi connectivity index (χ2n) is 7.07. The molecule has 0 fully saturated rings. The van der Waals surface area contributed by atoms with Crippen molar-refractivity contribution in [3.63, 3.8) is 0 Å². The molecule has 0 aliphatic heterocycles. The minimum absolute atomic E-state index is 0.143. The van der Waals surface area contributed by atoms with Crippen molar-refractivity contribution in [1.29, 1.82) is 0 Å². The Kier molecular flexibility index (Phi) is 7.29. The van der Waals surface area contributed by atoms with Crippen molar-refractivity contribution >= 4 is 47.1 Å². The van der Waals surface area contributed by atoms with Gasteiger partial charge in [0.2, 0.25) is 0 Å². The standard InChI is InChI=1S/C23H23Cl2N3OS/c1-14-5-8-20(9-6-14)30-17(4)23(29)27-26-13-18-11-15(2)28(16(18)3)19-7-10-21(24)22(25)12-19/h5-13,17H,1-4H3,(H,27,29)/b26-13-/t17-/m0/s1. The fourth-order valence-corrected chi connectivity index (χ4v) is 4.22. The molecular weight excluding hydrogens is 437 g/mol. The van der Waals surface area contributed by atoms with Crippen LogP contribution in [0.3, 0.4) is 0 Å². The molecule has 0 saturated carbocycles. The highest BCUT2D eigenvalue weighted by Gasteiger charge is 2.14. The first kappa shape index (κ1) is 22.5. The number of rotatable bonds is 6. The van der Waals surface area contributed by atoms with Crippen LogP contribution in [-0.4, -0.2) is 21.9 Å². The summed E-state index contributed by atoms with van der Waals surface area (Å²) in [7, 11) is 0. The molecule has 4 nitrogen and oxygen atoms in total. The van der Waals surface area contributed by atoms with Gasteiger partial charge in [-0.25, -0.2) is 5.43 Å². The third-order valence-corrected chi connectivity index (χ3v) is 6.56. The number of nitrogens with one attached hydrogen (secondary N) is 1. The number of nitrogens with zero attached hydrogens (tertiary/aromatic N) is 2. The normalized spacial score (nSPS) is 12.3. The number of benzene rings is 2. The van der Waals surface area contributed by atoms with Gasteiger partial charge in [0.15, 0.2) is 0 Å². The topological polar surface area (TPSA) is 46.4 Å². The van der Waals surface area contributed by atoms with Crippen LogP contribution in [0.5, 0.6) is 0 Å². The second-order valence-corrected chi connectivity index (χ2v) is 9.30. The Bertz CT molecular complexity index is 1090. The molecule has 0 unspecified atom stereocenters. The zero-order valence-electron chi connectivity index (χ0n) is 17.2. The monoisotopic (exact) mass is 459 g/mol. The Morgan fingerprint density at radius 3 is 2.43 bits per heavy atom. The lowest BCUT2D eigenvalue weighted by Gasteiger charge is -2.11. The summed E-state index contributed by atoms with van der Waals surface area (Å²) in [6.45, 7) is 7.91. The molecule has 0 radical (unpaired) electrons. The van der Waals surface area contributed by atoms with Crippen molar-refractivity contribution in [3.05, 3.63) is 81.1 Å². The van der Waals surface area contributed by atoms with E-state index in [0.717, 1.165) is 27.5 Å². The van der Waals surface area contributed by atoms with E-state index < -0.39 is 0 Å². The van der Waals surface area contributed by atoms with E-state index in [1.807, 2.05) is 70.2 Å². The molecule has 0 spiro atoms. The van der Waals surface area contributed by atoms with Crippen LogP contribution in [0.1, 0.15) is 29.4 Å². The van der Waals surface area contributed by atoms with Crippen LogP contribution in [0, 0.1) is 20.8 Å². The molecule has 0 aliphatic carbocycles. The van der Waals surface area contributed by atoms with Crippen LogP contribution in [-0.2, 0) is 4.79 Å². The predicted octanol–water partition coefficient (Wildman–Crippen LogP) is 6.34. The van der Waals surface area contributed by atoms with E-state index in [9.17, 15) is 4.79 Å². The molecule has 0 saturated heterocycles. The summed E-state index contributed by atoms with van der Waals surface area (Å²) in [6, 6.07) is 15.6. The maximum Gasteiger partial charge on any atom is 0.253 e. The minimum Gasteiger partial charge on any atom is -0.318 e. The quantitative estimate of drug-likeness (QED) is 0.265. The first-order valence-corrected chi connectivity index (χ1v) is 11.1. The Morgan fingerprint density at radius 2 is 1.77 bits per heavy atom. The first-order chi connectivity index (χ1) is 14.3. The van der Waals surface area contributed by atoms with Crippen molar-refractivity contribution in [2.75, 3.05) is 0 Å². The number of amides is 1. The lowest BCUT2D eigenvalue weighted by atomic mass is 10.2. The number of halogens is 2. The van der Waals surface area contributed by atoms with Gasteiger partial charge in [0.25, 0.3) is 5.91 Å². The van der Waals surface area contributed by atoms with E-state index in [2.05, 4.69) is 15.1 Å². The number of hydrogen-bond acceptors (Lipinski definition) is 3. The zero-order valence-corrected chi connectivity index (χ0v) is 19.6. The van der Waals surface area contributed by atoms with Crippen LogP contribution in [0.15, 0.2) is 58.5 Å². The molecule has 1 N–H and O–H groups in total. The lowest BCUT2D eigenvalue weighted by Crippen LogP contribution is -2.26. The number of hydrazone groups is 1. The summed E-state index contributed by atoms with van der Waals surface area (Å²) in [5.74, 6) is -0.143. The molecule has 0 aliphatic rings. The van der Waals surface area contributed by atoms with Crippen molar-refractivity contribution in [3.8, 4) is 5.69 Å². The molecule has 2 aromatic carbocycles. The summed E-state index contributed by atoms with van der Waals surface area (Å²) in [5, 5.41) is 4.93.